The summed E-state index contributed by atoms with van der Waals surface area (Å²) in [5.41, 5.74) is 2.42. The van der Waals surface area contributed by atoms with Crippen LogP contribution in [0.5, 0.6) is 5.75 Å². The minimum absolute atomic E-state index is 0.234. The number of benzene rings is 3. The molecular formula is C29H33N3O4. The first-order chi connectivity index (χ1) is 17.7. The van der Waals surface area contributed by atoms with E-state index in [0.717, 1.165) is 49.7 Å². The molecule has 0 aromatic heterocycles. The van der Waals surface area contributed by atoms with Gasteiger partial charge in [-0.25, -0.2) is 0 Å². The van der Waals surface area contributed by atoms with E-state index in [2.05, 4.69) is 15.5 Å². The molecule has 4 rings (SSSR count). The van der Waals surface area contributed by atoms with E-state index in [1.165, 1.54) is 0 Å². The van der Waals surface area contributed by atoms with Crippen molar-refractivity contribution in [2.24, 2.45) is 0 Å². The fourth-order valence-electron chi connectivity index (χ4n) is 4.07. The zero-order chi connectivity index (χ0) is 25.0. The number of hydrogen-bond donors (Lipinski definition) is 2. The van der Waals surface area contributed by atoms with Gasteiger partial charge >= 0.3 is 0 Å². The number of carbonyl (C=O) groups excluding carboxylic acids is 2. The van der Waals surface area contributed by atoms with Crippen molar-refractivity contribution in [3.8, 4) is 5.75 Å². The number of amides is 2. The molecule has 1 atom stereocenters. The molecule has 188 valence electrons. The third-order valence-electron chi connectivity index (χ3n) is 6.09. The summed E-state index contributed by atoms with van der Waals surface area (Å²) in [7, 11) is 0. The maximum absolute atomic E-state index is 13.1. The number of rotatable bonds is 11. The van der Waals surface area contributed by atoms with Gasteiger partial charge in [-0.2, -0.15) is 0 Å². The van der Waals surface area contributed by atoms with Crippen LogP contribution in [0.1, 0.15) is 21.5 Å². The minimum atomic E-state index is -0.701. The Balaban J connectivity index is 1.33. The first-order valence-corrected chi connectivity index (χ1v) is 12.4. The van der Waals surface area contributed by atoms with Crippen molar-refractivity contribution in [2.45, 2.75) is 19.0 Å². The predicted octanol–water partition coefficient (Wildman–Crippen LogP) is 3.06. The molecule has 1 fully saturated rings. The molecule has 2 amide bonds. The van der Waals surface area contributed by atoms with Crippen molar-refractivity contribution in [3.05, 3.63) is 102 Å². The lowest BCUT2D eigenvalue weighted by atomic mass is 10.0. The number of hydrogen-bond acceptors (Lipinski definition) is 5. The molecule has 3 aromatic rings. The molecule has 0 radical (unpaired) electrons. The van der Waals surface area contributed by atoms with Crippen molar-refractivity contribution >= 4 is 11.8 Å². The van der Waals surface area contributed by atoms with Gasteiger partial charge in [0.1, 0.15) is 18.4 Å². The summed E-state index contributed by atoms with van der Waals surface area (Å²) in [6, 6.07) is 25.6. The van der Waals surface area contributed by atoms with Crippen LogP contribution in [-0.2, 0) is 22.5 Å². The highest BCUT2D eigenvalue weighted by Crippen LogP contribution is 2.14. The van der Waals surface area contributed by atoms with Crippen LogP contribution in [-0.4, -0.2) is 62.2 Å². The molecule has 0 saturated carbocycles. The van der Waals surface area contributed by atoms with Gasteiger partial charge in [-0.3, -0.25) is 14.5 Å². The Bertz CT molecular complexity index is 1100. The number of nitrogens with zero attached hydrogens (tertiary/aromatic N) is 1. The van der Waals surface area contributed by atoms with E-state index in [4.69, 9.17) is 9.47 Å². The van der Waals surface area contributed by atoms with E-state index >= 15 is 0 Å². The van der Waals surface area contributed by atoms with Gasteiger partial charge in [0.2, 0.25) is 5.91 Å². The number of morpholine rings is 1. The van der Waals surface area contributed by atoms with E-state index in [1.807, 2.05) is 60.7 Å². The molecule has 7 heteroatoms. The van der Waals surface area contributed by atoms with Crippen molar-refractivity contribution < 1.29 is 19.1 Å². The molecule has 0 bridgehead atoms. The number of carbonyl (C=O) groups is 2. The topological polar surface area (TPSA) is 79.9 Å². The first kappa shape index (κ1) is 25.4. The average molecular weight is 488 g/mol. The lowest BCUT2D eigenvalue weighted by Crippen LogP contribution is -2.47. The average Bonchev–Trinajstić information content (AvgIpc) is 2.93. The Kier molecular flexibility index (Phi) is 9.47. The van der Waals surface area contributed by atoms with Crippen LogP contribution >= 0.6 is 0 Å². The van der Waals surface area contributed by atoms with Gasteiger partial charge in [-0.15, -0.1) is 0 Å². The highest BCUT2D eigenvalue weighted by molar-refractivity contribution is 5.97. The highest BCUT2D eigenvalue weighted by Gasteiger charge is 2.22. The largest absolute Gasteiger partial charge is 0.492 e. The molecule has 3 aromatic carbocycles. The van der Waals surface area contributed by atoms with Crippen LogP contribution in [0, 0.1) is 0 Å². The van der Waals surface area contributed by atoms with Gasteiger partial charge < -0.3 is 20.1 Å². The monoisotopic (exact) mass is 487 g/mol. The number of nitrogens with one attached hydrogen (secondary N) is 2. The van der Waals surface area contributed by atoms with Crippen LogP contribution in [0.2, 0.25) is 0 Å². The standard InChI is InChI=1S/C29H33N3O4/c33-28(25-11-5-2-6-12-25)31-27(21-23-8-3-1-4-9-23)29(34)30-22-24-10-7-13-26(20-24)36-19-16-32-14-17-35-18-15-32/h1-13,20,27H,14-19,21-22H2,(H,30,34)(H,31,33). The van der Waals surface area contributed by atoms with Crippen LogP contribution in [0.25, 0.3) is 0 Å². The first-order valence-electron chi connectivity index (χ1n) is 12.4. The molecule has 1 heterocycles. The van der Waals surface area contributed by atoms with E-state index in [1.54, 1.807) is 24.3 Å². The summed E-state index contributed by atoms with van der Waals surface area (Å²) in [5.74, 6) is 0.261. The van der Waals surface area contributed by atoms with Gasteiger partial charge in [0.25, 0.3) is 5.91 Å². The molecule has 1 unspecified atom stereocenters. The Morgan fingerprint density at radius 3 is 2.33 bits per heavy atom. The quantitative estimate of drug-likeness (QED) is 0.435. The third kappa shape index (κ3) is 7.93. The van der Waals surface area contributed by atoms with Crippen molar-refractivity contribution in [1.29, 1.82) is 0 Å². The second-order valence-corrected chi connectivity index (χ2v) is 8.75. The Labute approximate surface area is 212 Å². The molecule has 7 nitrogen and oxygen atoms in total. The molecule has 0 spiro atoms. The van der Waals surface area contributed by atoms with E-state index in [9.17, 15) is 9.59 Å². The lowest BCUT2D eigenvalue weighted by molar-refractivity contribution is -0.123. The molecule has 0 aliphatic carbocycles. The van der Waals surface area contributed by atoms with Gasteiger partial charge in [-0.1, -0.05) is 60.7 Å². The van der Waals surface area contributed by atoms with Gasteiger partial charge in [0, 0.05) is 38.2 Å². The second kappa shape index (κ2) is 13.4. The normalized spacial score (nSPS) is 14.6. The van der Waals surface area contributed by atoms with Crippen molar-refractivity contribution in [1.82, 2.24) is 15.5 Å². The fourth-order valence-corrected chi connectivity index (χ4v) is 4.07. The summed E-state index contributed by atoms with van der Waals surface area (Å²) in [4.78, 5) is 28.2. The zero-order valence-electron chi connectivity index (χ0n) is 20.4. The molecule has 2 N–H and O–H groups in total. The molecule has 36 heavy (non-hydrogen) atoms. The lowest BCUT2D eigenvalue weighted by Gasteiger charge is -2.26. The summed E-state index contributed by atoms with van der Waals surface area (Å²) < 4.78 is 11.3. The summed E-state index contributed by atoms with van der Waals surface area (Å²) >= 11 is 0. The minimum Gasteiger partial charge on any atom is -0.492 e. The smallest absolute Gasteiger partial charge is 0.251 e. The maximum atomic E-state index is 13.1. The van der Waals surface area contributed by atoms with E-state index in [-0.39, 0.29) is 11.8 Å². The van der Waals surface area contributed by atoms with Crippen molar-refractivity contribution in [3.63, 3.8) is 0 Å². The third-order valence-corrected chi connectivity index (χ3v) is 6.09. The van der Waals surface area contributed by atoms with Gasteiger partial charge in [-0.05, 0) is 35.4 Å². The summed E-state index contributed by atoms with van der Waals surface area (Å²) in [6.45, 7) is 5.19. The highest BCUT2D eigenvalue weighted by atomic mass is 16.5. The van der Waals surface area contributed by atoms with Crippen LogP contribution in [0.4, 0.5) is 0 Å². The molecule has 1 aliphatic rings. The zero-order valence-corrected chi connectivity index (χ0v) is 20.4. The summed E-state index contributed by atoms with van der Waals surface area (Å²) in [6.07, 6.45) is 0.399. The molecule has 1 saturated heterocycles. The van der Waals surface area contributed by atoms with Gasteiger partial charge in [0.15, 0.2) is 0 Å². The second-order valence-electron chi connectivity index (χ2n) is 8.75. The Hall–Kier alpha value is -3.68. The van der Waals surface area contributed by atoms with Crippen molar-refractivity contribution in [2.75, 3.05) is 39.5 Å². The van der Waals surface area contributed by atoms with Gasteiger partial charge in [0.05, 0.1) is 13.2 Å². The van der Waals surface area contributed by atoms with E-state index < -0.39 is 6.04 Å². The Morgan fingerprint density at radius 1 is 0.889 bits per heavy atom. The van der Waals surface area contributed by atoms with Crippen LogP contribution in [0.15, 0.2) is 84.9 Å². The van der Waals surface area contributed by atoms with E-state index in [0.29, 0.717) is 25.1 Å². The predicted molar refractivity (Wildman–Crippen MR) is 139 cm³/mol. The molecular weight excluding hydrogens is 454 g/mol. The SMILES string of the molecule is O=C(NC(Cc1ccccc1)C(=O)NCc1cccc(OCCN2CCOCC2)c1)c1ccccc1. The fraction of sp³-hybridized carbons (Fsp3) is 0.310. The van der Waals surface area contributed by atoms with Crippen LogP contribution in [0.3, 0.4) is 0 Å². The maximum Gasteiger partial charge on any atom is 0.251 e. The Morgan fingerprint density at radius 2 is 1.58 bits per heavy atom. The molecule has 1 aliphatic heterocycles. The summed E-state index contributed by atoms with van der Waals surface area (Å²) in [5, 5.41) is 5.88. The van der Waals surface area contributed by atoms with Crippen LogP contribution < -0.4 is 15.4 Å². The number of ether oxygens (including phenoxy) is 2.